The van der Waals surface area contributed by atoms with Gasteiger partial charge in [0.05, 0.1) is 6.10 Å². The molecule has 1 saturated carbocycles. The lowest BCUT2D eigenvalue weighted by atomic mass is 9.87. The summed E-state index contributed by atoms with van der Waals surface area (Å²) in [5.41, 5.74) is 1.40. The lowest BCUT2D eigenvalue weighted by Gasteiger charge is -2.22. The van der Waals surface area contributed by atoms with E-state index in [1.54, 1.807) is 0 Å². The summed E-state index contributed by atoms with van der Waals surface area (Å²) in [6, 6.07) is 8.21. The SMILES string of the molecule is CC(C)(C)c1cccc(OC2CCCC2O)c1. The van der Waals surface area contributed by atoms with Gasteiger partial charge in [-0.2, -0.15) is 0 Å². The van der Waals surface area contributed by atoms with Gasteiger partial charge in [0.15, 0.2) is 0 Å². The Hall–Kier alpha value is -1.02. The summed E-state index contributed by atoms with van der Waals surface area (Å²) < 4.78 is 5.87. The van der Waals surface area contributed by atoms with Gasteiger partial charge in [0, 0.05) is 0 Å². The Morgan fingerprint density at radius 1 is 1.24 bits per heavy atom. The maximum Gasteiger partial charge on any atom is 0.124 e. The van der Waals surface area contributed by atoms with E-state index in [1.807, 2.05) is 12.1 Å². The second kappa shape index (κ2) is 4.69. The van der Waals surface area contributed by atoms with Crippen LogP contribution in [-0.2, 0) is 5.41 Å². The smallest absolute Gasteiger partial charge is 0.124 e. The number of hydrogen-bond acceptors (Lipinski definition) is 2. The Morgan fingerprint density at radius 2 is 2.00 bits per heavy atom. The van der Waals surface area contributed by atoms with E-state index in [0.717, 1.165) is 25.0 Å². The molecule has 1 N–H and O–H groups in total. The van der Waals surface area contributed by atoms with E-state index >= 15 is 0 Å². The quantitative estimate of drug-likeness (QED) is 0.851. The summed E-state index contributed by atoms with van der Waals surface area (Å²) in [6.07, 6.45) is 2.56. The Labute approximate surface area is 104 Å². The van der Waals surface area contributed by atoms with Crippen LogP contribution < -0.4 is 4.74 Å². The number of rotatable bonds is 2. The van der Waals surface area contributed by atoms with E-state index in [-0.39, 0.29) is 17.6 Å². The van der Waals surface area contributed by atoms with Crippen LogP contribution in [0.4, 0.5) is 0 Å². The first-order valence-corrected chi connectivity index (χ1v) is 6.42. The van der Waals surface area contributed by atoms with Crippen molar-refractivity contribution in [3.63, 3.8) is 0 Å². The first kappa shape index (κ1) is 12.4. The minimum absolute atomic E-state index is 0.0229. The Morgan fingerprint density at radius 3 is 2.59 bits per heavy atom. The number of aliphatic hydroxyl groups excluding tert-OH is 1. The van der Waals surface area contributed by atoms with Crippen LogP contribution in [0.2, 0.25) is 0 Å². The van der Waals surface area contributed by atoms with Crippen LogP contribution in [0, 0.1) is 0 Å². The summed E-state index contributed by atoms with van der Waals surface area (Å²) in [7, 11) is 0. The van der Waals surface area contributed by atoms with Crippen molar-refractivity contribution < 1.29 is 9.84 Å². The minimum Gasteiger partial charge on any atom is -0.488 e. The number of aliphatic hydroxyl groups is 1. The molecule has 1 fully saturated rings. The molecule has 0 heterocycles. The molecule has 2 nitrogen and oxygen atoms in total. The van der Waals surface area contributed by atoms with Crippen molar-refractivity contribution in [2.45, 2.75) is 57.7 Å². The lowest BCUT2D eigenvalue weighted by Crippen LogP contribution is -2.25. The normalized spacial score (nSPS) is 24.9. The molecule has 0 bridgehead atoms. The van der Waals surface area contributed by atoms with Crippen LogP contribution in [-0.4, -0.2) is 17.3 Å². The highest BCUT2D eigenvalue weighted by molar-refractivity contribution is 5.32. The van der Waals surface area contributed by atoms with E-state index < -0.39 is 0 Å². The van der Waals surface area contributed by atoms with Gasteiger partial charge in [-0.15, -0.1) is 0 Å². The second-order valence-electron chi connectivity index (χ2n) is 5.93. The summed E-state index contributed by atoms with van der Waals surface area (Å²) in [5.74, 6) is 0.878. The van der Waals surface area contributed by atoms with Crippen molar-refractivity contribution >= 4 is 0 Å². The zero-order valence-electron chi connectivity index (χ0n) is 10.9. The van der Waals surface area contributed by atoms with Crippen LogP contribution in [0.3, 0.4) is 0 Å². The molecule has 0 aromatic heterocycles. The molecule has 2 heteroatoms. The molecule has 0 saturated heterocycles. The van der Waals surface area contributed by atoms with Gasteiger partial charge in [0.1, 0.15) is 11.9 Å². The molecule has 1 aliphatic rings. The zero-order chi connectivity index (χ0) is 12.5. The van der Waals surface area contributed by atoms with Gasteiger partial charge < -0.3 is 9.84 Å². The maximum absolute atomic E-state index is 9.75. The van der Waals surface area contributed by atoms with Crippen molar-refractivity contribution in [3.05, 3.63) is 29.8 Å². The summed E-state index contributed by atoms with van der Waals surface area (Å²) in [4.78, 5) is 0. The highest BCUT2D eigenvalue weighted by Crippen LogP contribution is 2.28. The molecular weight excluding hydrogens is 212 g/mol. The van der Waals surface area contributed by atoms with E-state index in [0.29, 0.717) is 0 Å². The molecule has 0 radical (unpaired) electrons. The fourth-order valence-corrected chi connectivity index (χ4v) is 2.25. The third kappa shape index (κ3) is 3.01. The lowest BCUT2D eigenvalue weighted by molar-refractivity contribution is 0.0603. The summed E-state index contributed by atoms with van der Waals surface area (Å²) >= 11 is 0. The molecule has 2 unspecified atom stereocenters. The van der Waals surface area contributed by atoms with E-state index in [4.69, 9.17) is 4.74 Å². The Bertz CT molecular complexity index is 379. The average molecular weight is 234 g/mol. The van der Waals surface area contributed by atoms with Gasteiger partial charge in [-0.05, 0) is 42.4 Å². The Balaban J connectivity index is 2.11. The average Bonchev–Trinajstić information content (AvgIpc) is 2.64. The largest absolute Gasteiger partial charge is 0.488 e. The zero-order valence-corrected chi connectivity index (χ0v) is 10.9. The van der Waals surface area contributed by atoms with Crippen molar-refractivity contribution in [2.75, 3.05) is 0 Å². The van der Waals surface area contributed by atoms with Crippen LogP contribution >= 0.6 is 0 Å². The van der Waals surface area contributed by atoms with Crippen LogP contribution in [0.5, 0.6) is 5.75 Å². The molecular formula is C15H22O2. The Kier molecular flexibility index (Phi) is 3.43. The maximum atomic E-state index is 9.75. The van der Waals surface area contributed by atoms with Gasteiger partial charge in [0.25, 0.3) is 0 Å². The number of ether oxygens (including phenoxy) is 1. The first-order valence-electron chi connectivity index (χ1n) is 6.42. The standard InChI is InChI=1S/C15H22O2/c1-15(2,3)11-6-4-7-12(10-11)17-14-9-5-8-13(14)16/h4,6-7,10,13-14,16H,5,8-9H2,1-3H3. The molecule has 2 atom stereocenters. The third-order valence-corrected chi connectivity index (χ3v) is 3.41. The fourth-order valence-electron chi connectivity index (χ4n) is 2.25. The molecule has 17 heavy (non-hydrogen) atoms. The highest BCUT2D eigenvalue weighted by atomic mass is 16.5. The van der Waals surface area contributed by atoms with Crippen molar-refractivity contribution in [1.82, 2.24) is 0 Å². The molecule has 0 spiro atoms. The fraction of sp³-hybridized carbons (Fsp3) is 0.600. The molecule has 94 valence electrons. The topological polar surface area (TPSA) is 29.5 Å². The van der Waals surface area contributed by atoms with Crippen molar-refractivity contribution in [2.24, 2.45) is 0 Å². The predicted molar refractivity (Wildman–Crippen MR) is 69.4 cm³/mol. The van der Waals surface area contributed by atoms with Gasteiger partial charge in [-0.1, -0.05) is 32.9 Å². The molecule has 2 rings (SSSR count). The first-order chi connectivity index (χ1) is 7.97. The predicted octanol–water partition coefficient (Wildman–Crippen LogP) is 3.28. The molecule has 1 aliphatic carbocycles. The highest BCUT2D eigenvalue weighted by Gasteiger charge is 2.27. The number of hydrogen-bond donors (Lipinski definition) is 1. The third-order valence-electron chi connectivity index (χ3n) is 3.41. The van der Waals surface area contributed by atoms with Crippen molar-refractivity contribution in [1.29, 1.82) is 0 Å². The van der Waals surface area contributed by atoms with Crippen molar-refractivity contribution in [3.8, 4) is 5.75 Å². The number of benzene rings is 1. The summed E-state index contributed by atoms with van der Waals surface area (Å²) in [5, 5.41) is 9.75. The van der Waals surface area contributed by atoms with Gasteiger partial charge in [0.2, 0.25) is 0 Å². The minimum atomic E-state index is -0.298. The van der Waals surface area contributed by atoms with Crippen LogP contribution in [0.15, 0.2) is 24.3 Å². The van der Waals surface area contributed by atoms with Gasteiger partial charge >= 0.3 is 0 Å². The second-order valence-corrected chi connectivity index (χ2v) is 5.93. The molecule has 1 aromatic rings. The van der Waals surface area contributed by atoms with E-state index in [2.05, 4.69) is 32.9 Å². The van der Waals surface area contributed by atoms with E-state index in [9.17, 15) is 5.11 Å². The monoisotopic (exact) mass is 234 g/mol. The van der Waals surface area contributed by atoms with Gasteiger partial charge in [-0.3, -0.25) is 0 Å². The van der Waals surface area contributed by atoms with Crippen LogP contribution in [0.25, 0.3) is 0 Å². The van der Waals surface area contributed by atoms with Crippen LogP contribution in [0.1, 0.15) is 45.6 Å². The molecule has 1 aromatic carbocycles. The van der Waals surface area contributed by atoms with E-state index in [1.165, 1.54) is 5.56 Å². The summed E-state index contributed by atoms with van der Waals surface area (Å²) in [6.45, 7) is 6.57. The molecule has 0 amide bonds. The molecule has 0 aliphatic heterocycles. The van der Waals surface area contributed by atoms with Gasteiger partial charge in [-0.25, -0.2) is 0 Å².